The highest BCUT2D eigenvalue weighted by atomic mass is 35.5. The van der Waals surface area contributed by atoms with E-state index in [1.54, 1.807) is 4.90 Å². The number of nitrogens with zero attached hydrogens (tertiary/aromatic N) is 1. The Hall–Kier alpha value is -1.35. The quantitative estimate of drug-likeness (QED) is 0.210. The molecule has 8 nitrogen and oxygen atoms in total. The molecule has 1 unspecified atom stereocenters. The van der Waals surface area contributed by atoms with Crippen LogP contribution in [0.1, 0.15) is 145 Å². The number of fused-ring (bicyclic) bond motifs is 2. The van der Waals surface area contributed by atoms with E-state index in [9.17, 15) is 24.3 Å². The number of amides is 1. The third kappa shape index (κ3) is 5.61. The second-order valence-electron chi connectivity index (χ2n) is 19.9. The van der Waals surface area contributed by atoms with Gasteiger partial charge in [0, 0.05) is 43.3 Å². The SMILES string of the molecule is CC1(C)C2(CCC2)[C@@]12CN[C@H](CO)C2.CCCC(CC(=O)[C@@H]1C[C@]2(CN1C(=O)[C@@H](N)C(C)(C)C)C(C)(C)C21CCC1)C(=O)C(=O)CC1CC1.Cl. The van der Waals surface area contributed by atoms with Gasteiger partial charge in [0.05, 0.1) is 18.7 Å². The van der Waals surface area contributed by atoms with Crippen LogP contribution < -0.4 is 11.1 Å². The lowest BCUT2D eigenvalue weighted by Gasteiger charge is -2.33. The van der Waals surface area contributed by atoms with Gasteiger partial charge in [0.2, 0.25) is 11.7 Å². The topological polar surface area (TPSA) is 130 Å². The number of halogens is 1. The van der Waals surface area contributed by atoms with Gasteiger partial charge in [-0.25, -0.2) is 0 Å². The molecule has 5 aliphatic carbocycles. The fourth-order valence-corrected chi connectivity index (χ4v) is 12.4. The summed E-state index contributed by atoms with van der Waals surface area (Å²) in [5.74, 6) is -1.16. The highest BCUT2D eigenvalue weighted by molar-refractivity contribution is 6.38. The smallest absolute Gasteiger partial charge is 0.240 e. The first-order valence-electron chi connectivity index (χ1n) is 19.8. The highest BCUT2D eigenvalue weighted by Crippen LogP contribution is 2.89. The average molecular weight is 718 g/mol. The van der Waals surface area contributed by atoms with E-state index in [0.717, 1.165) is 38.6 Å². The first kappa shape index (κ1) is 39.8. The molecule has 0 aromatic rings. The van der Waals surface area contributed by atoms with Gasteiger partial charge in [-0.2, -0.15) is 0 Å². The Kier molecular flexibility index (Phi) is 10.5. The van der Waals surface area contributed by atoms with Crippen molar-refractivity contribution in [3.8, 4) is 0 Å². The van der Waals surface area contributed by atoms with Crippen molar-refractivity contribution in [1.29, 1.82) is 0 Å². The molecule has 9 heteroatoms. The van der Waals surface area contributed by atoms with Crippen molar-refractivity contribution in [2.75, 3.05) is 19.7 Å². The molecule has 2 saturated heterocycles. The molecule has 6 atom stereocenters. The number of aliphatic hydroxyl groups is 1. The summed E-state index contributed by atoms with van der Waals surface area (Å²) in [5, 5.41) is 12.7. The summed E-state index contributed by atoms with van der Waals surface area (Å²) >= 11 is 0. The second kappa shape index (κ2) is 13.2. The standard InChI is InChI=1S/C29H46N2O4.C12H21NO.ClH/c1-7-9-19(23(34)22(33)14-18-10-11-18)15-21(32)20-16-29(27(5,6)28(29)12-8-13-28)17-31(20)25(35)24(30)26(2,3)4;1-10(2)11(4-3-5-11)12(10)6-9(7-14)13-8-12;/h18-20,24H,7-17,30H2,1-6H3;9,13-14H,3-8H2,1-2H3;1H/t19?,20-,24+,29-;9-,12-;/m00./s1. The normalized spacial score (nSPS) is 34.2. The molecule has 2 heterocycles. The zero-order chi connectivity index (χ0) is 36.0. The summed E-state index contributed by atoms with van der Waals surface area (Å²) in [7, 11) is 0. The largest absolute Gasteiger partial charge is 0.395 e. The molecule has 4 N–H and O–H groups in total. The molecule has 0 bridgehead atoms. The van der Waals surface area contributed by atoms with Gasteiger partial charge in [0.15, 0.2) is 11.6 Å². The molecule has 0 radical (unpaired) electrons. The monoisotopic (exact) mass is 717 g/mol. The van der Waals surface area contributed by atoms with Crippen LogP contribution in [0.2, 0.25) is 0 Å². The molecular weight excluding hydrogens is 650 g/mol. The maximum Gasteiger partial charge on any atom is 0.240 e. The Morgan fingerprint density at radius 1 is 0.900 bits per heavy atom. The lowest BCUT2D eigenvalue weighted by Crippen LogP contribution is -2.53. The number of hydrogen-bond donors (Lipinski definition) is 3. The Morgan fingerprint density at radius 2 is 1.46 bits per heavy atom. The van der Waals surface area contributed by atoms with Crippen LogP contribution in [-0.4, -0.2) is 71.1 Å². The Morgan fingerprint density at radius 3 is 1.88 bits per heavy atom. The van der Waals surface area contributed by atoms with Crippen LogP contribution in [0.25, 0.3) is 0 Å². The lowest BCUT2D eigenvalue weighted by atomic mass is 9.73. The number of aliphatic hydroxyl groups excluding tert-OH is 1. The molecule has 4 spiro atoms. The molecular formula is C41H68ClN3O5. The Bertz CT molecular complexity index is 1360. The number of rotatable bonds is 11. The number of likely N-dealkylation sites (tertiary alicyclic amines) is 1. The molecule has 7 rings (SSSR count). The minimum absolute atomic E-state index is 0. The molecule has 0 aromatic heterocycles. The van der Waals surface area contributed by atoms with E-state index in [2.05, 4.69) is 33.0 Å². The maximum atomic E-state index is 13.8. The fraction of sp³-hybridized carbons (Fsp3) is 0.902. The van der Waals surface area contributed by atoms with Crippen molar-refractivity contribution in [3.05, 3.63) is 0 Å². The fourth-order valence-electron chi connectivity index (χ4n) is 12.4. The number of nitrogens with one attached hydrogen (secondary N) is 1. The van der Waals surface area contributed by atoms with E-state index < -0.39 is 23.4 Å². The van der Waals surface area contributed by atoms with Crippen molar-refractivity contribution in [2.24, 2.45) is 55.5 Å². The Balaban J connectivity index is 0.000000268. The number of ketones is 3. The molecule has 7 aliphatic rings. The van der Waals surface area contributed by atoms with Crippen LogP contribution in [0.4, 0.5) is 0 Å². The van der Waals surface area contributed by atoms with Gasteiger partial charge in [-0.05, 0) is 96.2 Å². The van der Waals surface area contributed by atoms with Crippen molar-refractivity contribution < 1.29 is 24.3 Å². The third-order valence-electron chi connectivity index (χ3n) is 16.5. The molecule has 5 saturated carbocycles. The van der Waals surface area contributed by atoms with Gasteiger partial charge in [0.25, 0.3) is 0 Å². The van der Waals surface area contributed by atoms with Crippen molar-refractivity contribution >= 4 is 35.7 Å². The van der Waals surface area contributed by atoms with Crippen molar-refractivity contribution in [1.82, 2.24) is 10.2 Å². The molecule has 1 amide bonds. The van der Waals surface area contributed by atoms with E-state index in [1.807, 2.05) is 27.7 Å². The number of carbonyl (C=O) groups is 4. The first-order valence-corrected chi connectivity index (χ1v) is 19.8. The molecule has 284 valence electrons. The minimum Gasteiger partial charge on any atom is -0.395 e. The summed E-state index contributed by atoms with van der Waals surface area (Å²) < 4.78 is 0. The zero-order valence-corrected chi connectivity index (χ0v) is 33.2. The predicted octanol–water partition coefficient (Wildman–Crippen LogP) is 6.43. The minimum atomic E-state index is -0.694. The van der Waals surface area contributed by atoms with Gasteiger partial charge >= 0.3 is 0 Å². The second-order valence-corrected chi connectivity index (χ2v) is 19.9. The third-order valence-corrected chi connectivity index (χ3v) is 16.5. The van der Waals surface area contributed by atoms with E-state index >= 15 is 0 Å². The van der Waals surface area contributed by atoms with E-state index in [4.69, 9.17) is 5.73 Å². The van der Waals surface area contributed by atoms with Crippen LogP contribution >= 0.6 is 12.4 Å². The van der Waals surface area contributed by atoms with Crippen LogP contribution in [0.15, 0.2) is 0 Å². The molecule has 50 heavy (non-hydrogen) atoms. The van der Waals surface area contributed by atoms with E-state index in [0.29, 0.717) is 60.6 Å². The zero-order valence-electron chi connectivity index (χ0n) is 32.4. The number of carbonyl (C=O) groups excluding carboxylic acids is 4. The number of hydrogen-bond acceptors (Lipinski definition) is 7. The number of Topliss-reactive ketones (excluding diaryl/α,β-unsaturated/α-hetero) is 3. The van der Waals surface area contributed by atoms with Crippen LogP contribution in [0.3, 0.4) is 0 Å². The maximum absolute atomic E-state index is 13.8. The summed E-state index contributed by atoms with van der Waals surface area (Å²) in [5.41, 5.74) is 7.94. The average Bonchev–Trinajstić information content (AvgIpc) is 3.80. The van der Waals surface area contributed by atoms with Gasteiger partial charge in [-0.15, -0.1) is 12.4 Å². The van der Waals surface area contributed by atoms with Crippen molar-refractivity contribution in [3.63, 3.8) is 0 Å². The van der Waals surface area contributed by atoms with Gasteiger partial charge < -0.3 is 21.1 Å². The summed E-state index contributed by atoms with van der Waals surface area (Å²) in [6.07, 6.45) is 13.3. The number of nitrogens with two attached hydrogens (primary N) is 1. The lowest BCUT2D eigenvalue weighted by molar-refractivity contribution is -0.143. The van der Waals surface area contributed by atoms with E-state index in [1.165, 1.54) is 32.1 Å². The van der Waals surface area contributed by atoms with Gasteiger partial charge in [0.1, 0.15) is 0 Å². The molecule has 0 aromatic carbocycles. The van der Waals surface area contributed by atoms with Gasteiger partial charge in [-0.3, -0.25) is 19.2 Å². The predicted molar refractivity (Wildman–Crippen MR) is 199 cm³/mol. The summed E-state index contributed by atoms with van der Waals surface area (Å²) in [6.45, 7) is 19.3. The Labute approximate surface area is 308 Å². The molecule has 7 fully saturated rings. The summed E-state index contributed by atoms with van der Waals surface area (Å²) in [6, 6.07) is -0.879. The van der Waals surface area contributed by atoms with Gasteiger partial charge in [-0.1, -0.05) is 74.7 Å². The van der Waals surface area contributed by atoms with Crippen LogP contribution in [0.5, 0.6) is 0 Å². The first-order chi connectivity index (χ1) is 22.8. The van der Waals surface area contributed by atoms with Crippen molar-refractivity contribution in [2.45, 2.75) is 163 Å². The van der Waals surface area contributed by atoms with Crippen LogP contribution in [0, 0.1) is 49.7 Å². The highest BCUT2D eigenvalue weighted by Gasteiger charge is 2.85. The molecule has 2 aliphatic heterocycles. The summed E-state index contributed by atoms with van der Waals surface area (Å²) in [4.78, 5) is 54.8. The van der Waals surface area contributed by atoms with Crippen LogP contribution in [-0.2, 0) is 19.2 Å². The van der Waals surface area contributed by atoms with E-state index in [-0.39, 0.29) is 58.3 Å².